The molecule has 1 aromatic rings. The number of rotatable bonds is 3. The van der Waals surface area contributed by atoms with Crippen molar-refractivity contribution in [2.24, 2.45) is 0 Å². The molecule has 3 aliphatic rings. The Morgan fingerprint density at radius 3 is 2.71 bits per heavy atom. The van der Waals surface area contributed by atoms with Crippen LogP contribution in [0.2, 0.25) is 0 Å². The van der Waals surface area contributed by atoms with Gasteiger partial charge >= 0.3 is 0 Å². The Morgan fingerprint density at radius 2 is 1.92 bits per heavy atom. The minimum Gasteiger partial charge on any atom is -0.329 e. The maximum Gasteiger partial charge on any atom is 0.246 e. The number of halogens is 2. The van der Waals surface area contributed by atoms with Gasteiger partial charge in [-0.3, -0.25) is 9.59 Å². The standard InChI is InChI=1S/C17H19F2N3O2/c18-11-4-3-10(13(19)6-11)8-20-12-7-15-17(24)21-5-1-2-14(21)16(23)22(15)9-12/h3-4,6,12,14-15,20H,1-2,5,7-9H2/t12-,14+,15-/m0/s1. The topological polar surface area (TPSA) is 52.7 Å². The van der Waals surface area contributed by atoms with Crippen LogP contribution in [0.4, 0.5) is 8.78 Å². The summed E-state index contributed by atoms with van der Waals surface area (Å²) in [7, 11) is 0. The van der Waals surface area contributed by atoms with Crippen molar-refractivity contribution in [3.63, 3.8) is 0 Å². The molecule has 1 N–H and O–H groups in total. The van der Waals surface area contributed by atoms with Crippen LogP contribution >= 0.6 is 0 Å². The van der Waals surface area contributed by atoms with Gasteiger partial charge in [-0.05, 0) is 25.3 Å². The van der Waals surface area contributed by atoms with Gasteiger partial charge in [-0.15, -0.1) is 0 Å². The largest absolute Gasteiger partial charge is 0.329 e. The van der Waals surface area contributed by atoms with Gasteiger partial charge in [0, 0.05) is 37.3 Å². The highest BCUT2D eigenvalue weighted by Gasteiger charge is 2.51. The molecular weight excluding hydrogens is 316 g/mol. The maximum atomic E-state index is 13.7. The highest BCUT2D eigenvalue weighted by atomic mass is 19.1. The summed E-state index contributed by atoms with van der Waals surface area (Å²) in [5.41, 5.74) is 0.375. The minimum absolute atomic E-state index is 0.0364. The predicted molar refractivity (Wildman–Crippen MR) is 81.8 cm³/mol. The van der Waals surface area contributed by atoms with Crippen LogP contribution in [-0.4, -0.2) is 52.8 Å². The summed E-state index contributed by atoms with van der Waals surface area (Å²) in [4.78, 5) is 28.5. The fourth-order valence-corrected chi connectivity index (χ4v) is 4.05. The van der Waals surface area contributed by atoms with Gasteiger partial charge < -0.3 is 15.1 Å². The van der Waals surface area contributed by atoms with E-state index in [2.05, 4.69) is 5.32 Å². The van der Waals surface area contributed by atoms with Crippen LogP contribution < -0.4 is 5.32 Å². The summed E-state index contributed by atoms with van der Waals surface area (Å²) in [6, 6.07) is 2.74. The Labute approximate surface area is 138 Å². The number of fused-ring (bicyclic) bond motifs is 2. The van der Waals surface area contributed by atoms with Gasteiger partial charge in [-0.25, -0.2) is 8.78 Å². The van der Waals surface area contributed by atoms with E-state index >= 15 is 0 Å². The summed E-state index contributed by atoms with van der Waals surface area (Å²) in [6.45, 7) is 1.37. The fourth-order valence-electron chi connectivity index (χ4n) is 4.05. The molecule has 0 bridgehead atoms. The first-order valence-corrected chi connectivity index (χ1v) is 8.33. The van der Waals surface area contributed by atoms with Gasteiger partial charge in [-0.2, -0.15) is 0 Å². The summed E-state index contributed by atoms with van der Waals surface area (Å²) in [6.07, 6.45) is 2.16. The van der Waals surface area contributed by atoms with E-state index in [4.69, 9.17) is 0 Å². The Hall–Kier alpha value is -2.02. The zero-order chi connectivity index (χ0) is 16.8. The molecule has 0 spiro atoms. The highest BCUT2D eigenvalue weighted by Crippen LogP contribution is 2.32. The lowest BCUT2D eigenvalue weighted by Crippen LogP contribution is -2.60. The number of nitrogens with zero attached hydrogens (tertiary/aromatic N) is 2. The van der Waals surface area contributed by atoms with Crippen molar-refractivity contribution in [1.82, 2.24) is 15.1 Å². The molecule has 0 radical (unpaired) electrons. The van der Waals surface area contributed by atoms with E-state index in [1.54, 1.807) is 9.80 Å². The van der Waals surface area contributed by atoms with Gasteiger partial charge in [-0.1, -0.05) is 6.07 Å². The summed E-state index contributed by atoms with van der Waals surface area (Å²) in [5.74, 6) is -1.12. The zero-order valence-electron chi connectivity index (χ0n) is 13.2. The second-order valence-electron chi connectivity index (χ2n) is 6.75. The second kappa shape index (κ2) is 5.81. The molecule has 0 aliphatic carbocycles. The lowest BCUT2D eigenvalue weighted by molar-refractivity contribution is -0.156. The third-order valence-corrected chi connectivity index (χ3v) is 5.29. The lowest BCUT2D eigenvalue weighted by atomic mass is 10.1. The van der Waals surface area contributed by atoms with Crippen molar-refractivity contribution in [2.45, 2.75) is 43.9 Å². The number of benzene rings is 1. The van der Waals surface area contributed by atoms with Crippen molar-refractivity contribution < 1.29 is 18.4 Å². The van der Waals surface area contributed by atoms with E-state index in [0.717, 1.165) is 18.9 Å². The molecule has 3 aliphatic heterocycles. The number of amides is 2. The summed E-state index contributed by atoms with van der Waals surface area (Å²) < 4.78 is 26.6. The van der Waals surface area contributed by atoms with Crippen molar-refractivity contribution in [3.8, 4) is 0 Å². The van der Waals surface area contributed by atoms with Crippen molar-refractivity contribution in [2.75, 3.05) is 13.1 Å². The van der Waals surface area contributed by atoms with E-state index < -0.39 is 17.7 Å². The quantitative estimate of drug-likeness (QED) is 0.898. The molecule has 3 atom stereocenters. The summed E-state index contributed by atoms with van der Waals surface area (Å²) >= 11 is 0. The maximum absolute atomic E-state index is 13.7. The Bertz CT molecular complexity index is 666. The van der Waals surface area contributed by atoms with E-state index in [1.807, 2.05) is 0 Å². The molecule has 0 unspecified atom stereocenters. The third-order valence-electron chi connectivity index (χ3n) is 5.29. The van der Waals surface area contributed by atoms with Crippen LogP contribution in [0.5, 0.6) is 0 Å². The molecule has 7 heteroatoms. The molecule has 1 aromatic carbocycles. The van der Waals surface area contributed by atoms with E-state index in [1.165, 1.54) is 12.1 Å². The van der Waals surface area contributed by atoms with Crippen LogP contribution in [0.1, 0.15) is 24.8 Å². The normalized spacial score (nSPS) is 29.2. The SMILES string of the molecule is O=C1[C@@H]2C[C@H](NCc3ccc(F)cc3F)CN2C(=O)[C@H]2CCCN12. The number of hydrogen-bond acceptors (Lipinski definition) is 3. The van der Waals surface area contributed by atoms with Crippen LogP contribution in [0.15, 0.2) is 18.2 Å². The van der Waals surface area contributed by atoms with Crippen molar-refractivity contribution >= 4 is 11.8 Å². The van der Waals surface area contributed by atoms with Crippen LogP contribution in [0.25, 0.3) is 0 Å². The minimum atomic E-state index is -0.606. The Kier molecular flexibility index (Phi) is 3.75. The summed E-state index contributed by atoms with van der Waals surface area (Å²) in [5, 5.41) is 3.19. The number of hydrogen-bond donors (Lipinski definition) is 1. The average Bonchev–Trinajstić information content (AvgIpc) is 3.19. The van der Waals surface area contributed by atoms with Gasteiger partial charge in [0.1, 0.15) is 23.7 Å². The lowest BCUT2D eigenvalue weighted by Gasteiger charge is -2.38. The van der Waals surface area contributed by atoms with Crippen LogP contribution in [-0.2, 0) is 16.1 Å². The Morgan fingerprint density at radius 1 is 1.12 bits per heavy atom. The first-order valence-electron chi connectivity index (χ1n) is 8.33. The first kappa shape index (κ1) is 15.5. The van der Waals surface area contributed by atoms with Gasteiger partial charge in [0.05, 0.1) is 0 Å². The van der Waals surface area contributed by atoms with Crippen LogP contribution in [0, 0.1) is 11.6 Å². The molecule has 4 rings (SSSR count). The first-order chi connectivity index (χ1) is 11.5. The highest BCUT2D eigenvalue weighted by molar-refractivity contribution is 5.98. The number of piperazine rings is 1. The van der Waals surface area contributed by atoms with Crippen LogP contribution in [0.3, 0.4) is 0 Å². The monoisotopic (exact) mass is 335 g/mol. The molecular formula is C17H19F2N3O2. The third kappa shape index (κ3) is 2.47. The smallest absolute Gasteiger partial charge is 0.246 e. The molecule has 24 heavy (non-hydrogen) atoms. The molecule has 0 aromatic heterocycles. The number of carbonyl (C=O) groups is 2. The van der Waals surface area contributed by atoms with Crippen molar-refractivity contribution in [3.05, 3.63) is 35.4 Å². The molecule has 3 fully saturated rings. The van der Waals surface area contributed by atoms with Gasteiger partial charge in [0.2, 0.25) is 11.8 Å². The molecule has 128 valence electrons. The van der Waals surface area contributed by atoms with E-state index in [-0.39, 0.29) is 30.4 Å². The average molecular weight is 335 g/mol. The van der Waals surface area contributed by atoms with E-state index in [9.17, 15) is 18.4 Å². The second-order valence-corrected chi connectivity index (χ2v) is 6.75. The van der Waals surface area contributed by atoms with Gasteiger partial charge in [0.15, 0.2) is 0 Å². The molecule has 5 nitrogen and oxygen atoms in total. The number of nitrogens with one attached hydrogen (secondary N) is 1. The molecule has 3 saturated heterocycles. The van der Waals surface area contributed by atoms with Gasteiger partial charge in [0.25, 0.3) is 0 Å². The van der Waals surface area contributed by atoms with E-state index in [0.29, 0.717) is 25.1 Å². The molecule has 0 saturated carbocycles. The zero-order valence-corrected chi connectivity index (χ0v) is 13.2. The Balaban J connectivity index is 1.43. The molecule has 2 amide bonds. The fraction of sp³-hybridized carbons (Fsp3) is 0.529. The number of carbonyl (C=O) groups excluding carboxylic acids is 2. The van der Waals surface area contributed by atoms with Crippen molar-refractivity contribution in [1.29, 1.82) is 0 Å². The molecule has 3 heterocycles. The predicted octanol–water partition coefficient (Wildman–Crippen LogP) is 1.03.